The van der Waals surface area contributed by atoms with Crippen molar-refractivity contribution >= 4 is 23.0 Å². The van der Waals surface area contributed by atoms with Crippen LogP contribution in [0.3, 0.4) is 0 Å². The molecule has 27 heavy (non-hydrogen) atoms. The van der Waals surface area contributed by atoms with Gasteiger partial charge in [0.05, 0.1) is 17.4 Å². The van der Waals surface area contributed by atoms with E-state index in [9.17, 15) is 23.3 Å². The second kappa shape index (κ2) is 8.70. The molecule has 10 heteroatoms. The molecule has 0 bridgehead atoms. The van der Waals surface area contributed by atoms with Crippen LogP contribution in [0.25, 0.3) is 0 Å². The van der Waals surface area contributed by atoms with E-state index in [1.54, 1.807) is 30.3 Å². The van der Waals surface area contributed by atoms with E-state index in [1.165, 1.54) is 9.21 Å². The van der Waals surface area contributed by atoms with E-state index in [0.29, 0.717) is 43.8 Å². The van der Waals surface area contributed by atoms with Gasteiger partial charge in [-0.1, -0.05) is 18.2 Å². The fourth-order valence-electron chi connectivity index (χ4n) is 3.79. The van der Waals surface area contributed by atoms with E-state index in [-0.39, 0.29) is 18.5 Å². The van der Waals surface area contributed by atoms with Gasteiger partial charge in [-0.05, 0) is 37.8 Å². The summed E-state index contributed by atoms with van der Waals surface area (Å²) in [6.07, 6.45) is 2.62. The standard InChI is InChI=1S/C17H26BN3O5S/c22-17(21-10-4-7-16(21)18(23)24)13-19-14-8-11-20(12-9-14)27(25,26)15-5-2-1-3-6-15/h1-3,5-6,14,16,19,23-24H,4,7-13H2/t16-/m0/s1. The molecule has 1 aromatic rings. The summed E-state index contributed by atoms with van der Waals surface area (Å²) < 4.78 is 26.7. The lowest BCUT2D eigenvalue weighted by molar-refractivity contribution is -0.130. The van der Waals surface area contributed by atoms with Crippen LogP contribution < -0.4 is 5.32 Å². The third kappa shape index (κ3) is 4.70. The summed E-state index contributed by atoms with van der Waals surface area (Å²) in [4.78, 5) is 14.2. The molecule has 2 fully saturated rings. The van der Waals surface area contributed by atoms with E-state index < -0.39 is 23.1 Å². The zero-order valence-corrected chi connectivity index (χ0v) is 16.0. The summed E-state index contributed by atoms with van der Waals surface area (Å²) in [5, 5.41) is 21.9. The van der Waals surface area contributed by atoms with Crippen LogP contribution in [0.1, 0.15) is 25.7 Å². The van der Waals surface area contributed by atoms with Crippen molar-refractivity contribution in [1.29, 1.82) is 0 Å². The summed E-state index contributed by atoms with van der Waals surface area (Å²) in [7, 11) is -4.98. The molecule has 2 aliphatic rings. The van der Waals surface area contributed by atoms with Crippen LogP contribution in [0.5, 0.6) is 0 Å². The number of hydrogen-bond acceptors (Lipinski definition) is 6. The highest BCUT2D eigenvalue weighted by Gasteiger charge is 2.37. The van der Waals surface area contributed by atoms with Crippen LogP contribution in [0.2, 0.25) is 0 Å². The lowest BCUT2D eigenvalue weighted by Gasteiger charge is -2.32. The Balaban J connectivity index is 1.48. The lowest BCUT2D eigenvalue weighted by Crippen LogP contribution is -2.51. The molecule has 2 heterocycles. The van der Waals surface area contributed by atoms with Crippen molar-refractivity contribution in [2.75, 3.05) is 26.2 Å². The second-order valence-electron chi connectivity index (χ2n) is 7.08. The second-order valence-corrected chi connectivity index (χ2v) is 9.02. The molecule has 1 atom stereocenters. The van der Waals surface area contributed by atoms with Gasteiger partial charge in [0.1, 0.15) is 0 Å². The molecule has 0 spiro atoms. The molecule has 3 rings (SSSR count). The number of nitrogens with zero attached hydrogens (tertiary/aromatic N) is 2. The Morgan fingerprint density at radius 1 is 1.11 bits per heavy atom. The molecule has 0 radical (unpaired) electrons. The van der Waals surface area contributed by atoms with Crippen molar-refractivity contribution < 1.29 is 23.3 Å². The molecule has 8 nitrogen and oxygen atoms in total. The zero-order valence-electron chi connectivity index (χ0n) is 15.2. The number of carbonyl (C=O) groups is 1. The Labute approximate surface area is 160 Å². The van der Waals surface area contributed by atoms with Gasteiger partial charge >= 0.3 is 7.12 Å². The van der Waals surface area contributed by atoms with Crippen LogP contribution >= 0.6 is 0 Å². The van der Waals surface area contributed by atoms with Crippen molar-refractivity contribution in [3.05, 3.63) is 30.3 Å². The smallest absolute Gasteiger partial charge is 0.426 e. The quantitative estimate of drug-likeness (QED) is 0.557. The Kier molecular flexibility index (Phi) is 6.54. The minimum Gasteiger partial charge on any atom is -0.426 e. The number of carbonyl (C=O) groups excluding carboxylic acids is 1. The number of likely N-dealkylation sites (tertiary alicyclic amines) is 1. The zero-order chi connectivity index (χ0) is 19.4. The van der Waals surface area contributed by atoms with Crippen LogP contribution in [0, 0.1) is 0 Å². The molecular weight excluding hydrogens is 369 g/mol. The number of hydrogen-bond donors (Lipinski definition) is 3. The van der Waals surface area contributed by atoms with Crippen molar-refractivity contribution in [2.24, 2.45) is 0 Å². The summed E-state index contributed by atoms with van der Waals surface area (Å²) in [5.74, 6) is -0.679. The predicted molar refractivity (Wildman–Crippen MR) is 101 cm³/mol. The topological polar surface area (TPSA) is 110 Å². The van der Waals surface area contributed by atoms with E-state index >= 15 is 0 Å². The number of sulfonamides is 1. The lowest BCUT2D eigenvalue weighted by atomic mass is 9.78. The van der Waals surface area contributed by atoms with Crippen molar-refractivity contribution in [3.8, 4) is 0 Å². The number of nitrogens with one attached hydrogen (secondary N) is 1. The Bertz CT molecular complexity index is 738. The largest absolute Gasteiger partial charge is 0.475 e. The number of amides is 1. The van der Waals surface area contributed by atoms with Gasteiger partial charge < -0.3 is 20.3 Å². The summed E-state index contributed by atoms with van der Waals surface area (Å²) in [6, 6.07) is 8.47. The summed E-state index contributed by atoms with van der Waals surface area (Å²) >= 11 is 0. The van der Waals surface area contributed by atoms with Gasteiger partial charge in [-0.25, -0.2) is 8.42 Å². The first-order valence-corrected chi connectivity index (χ1v) is 10.8. The third-order valence-corrected chi connectivity index (χ3v) is 7.25. The predicted octanol–water partition coefficient (Wildman–Crippen LogP) is -0.568. The van der Waals surface area contributed by atoms with Gasteiger partial charge in [-0.15, -0.1) is 0 Å². The summed E-state index contributed by atoms with van der Waals surface area (Å²) in [5.41, 5.74) is 0. The number of benzene rings is 1. The fourth-order valence-corrected chi connectivity index (χ4v) is 5.28. The van der Waals surface area contributed by atoms with E-state index in [2.05, 4.69) is 5.32 Å². The maximum absolute atomic E-state index is 12.6. The molecule has 3 N–H and O–H groups in total. The highest BCUT2D eigenvalue weighted by atomic mass is 32.2. The summed E-state index contributed by atoms with van der Waals surface area (Å²) in [6.45, 7) is 1.48. The molecule has 2 aliphatic heterocycles. The average Bonchev–Trinajstić information content (AvgIpc) is 3.17. The molecule has 0 aliphatic carbocycles. The average molecular weight is 395 g/mol. The number of rotatable bonds is 6. The van der Waals surface area contributed by atoms with Gasteiger partial charge in [0.2, 0.25) is 15.9 Å². The van der Waals surface area contributed by atoms with E-state index in [4.69, 9.17) is 0 Å². The SMILES string of the molecule is O=C(CNC1CCN(S(=O)(=O)c2ccccc2)CC1)N1CCC[C@H]1B(O)O. The highest BCUT2D eigenvalue weighted by molar-refractivity contribution is 7.89. The molecule has 0 unspecified atom stereocenters. The van der Waals surface area contributed by atoms with Gasteiger partial charge in [0, 0.05) is 25.7 Å². The normalized spacial score (nSPS) is 22.1. The van der Waals surface area contributed by atoms with Crippen LogP contribution in [0.15, 0.2) is 35.2 Å². The van der Waals surface area contributed by atoms with Crippen LogP contribution in [-0.2, 0) is 14.8 Å². The molecule has 1 aromatic carbocycles. The maximum atomic E-state index is 12.6. The first-order valence-electron chi connectivity index (χ1n) is 9.34. The van der Waals surface area contributed by atoms with Crippen molar-refractivity contribution in [3.63, 3.8) is 0 Å². The van der Waals surface area contributed by atoms with Crippen LogP contribution in [0.4, 0.5) is 0 Å². The molecular formula is C17H26BN3O5S. The van der Waals surface area contributed by atoms with Gasteiger partial charge in [0.15, 0.2) is 0 Å². The first kappa shape index (κ1) is 20.3. The minimum atomic E-state index is -3.47. The van der Waals surface area contributed by atoms with Crippen LogP contribution in [-0.4, -0.2) is 78.9 Å². The van der Waals surface area contributed by atoms with E-state index in [1.807, 2.05) is 0 Å². The molecule has 0 saturated carbocycles. The first-order chi connectivity index (χ1) is 12.9. The molecule has 0 aromatic heterocycles. The third-order valence-electron chi connectivity index (χ3n) is 5.34. The molecule has 2 saturated heterocycles. The molecule has 148 valence electrons. The monoisotopic (exact) mass is 395 g/mol. The maximum Gasteiger partial charge on any atom is 0.475 e. The Hall–Kier alpha value is -1.46. The van der Waals surface area contributed by atoms with Crippen molar-refractivity contribution in [1.82, 2.24) is 14.5 Å². The fraction of sp³-hybridized carbons (Fsp3) is 0.588. The van der Waals surface area contributed by atoms with Gasteiger partial charge in [-0.3, -0.25) is 4.79 Å². The van der Waals surface area contributed by atoms with Gasteiger partial charge in [-0.2, -0.15) is 4.31 Å². The molecule has 1 amide bonds. The minimum absolute atomic E-state index is 0.0660. The van der Waals surface area contributed by atoms with E-state index in [0.717, 1.165) is 6.42 Å². The Morgan fingerprint density at radius 3 is 2.41 bits per heavy atom. The van der Waals surface area contributed by atoms with Crippen molar-refractivity contribution in [2.45, 2.75) is 42.6 Å². The Morgan fingerprint density at radius 2 is 1.78 bits per heavy atom. The van der Waals surface area contributed by atoms with Gasteiger partial charge in [0.25, 0.3) is 0 Å². The highest BCUT2D eigenvalue weighted by Crippen LogP contribution is 2.21. The number of piperidine rings is 1.